The van der Waals surface area contributed by atoms with Gasteiger partial charge in [-0.1, -0.05) is 11.6 Å². The number of halogens is 1. The molecule has 0 bridgehead atoms. The Kier molecular flexibility index (Phi) is 3.21. The summed E-state index contributed by atoms with van der Waals surface area (Å²) in [6.07, 6.45) is 0. The molecule has 2 N–H and O–H groups in total. The topological polar surface area (TPSA) is 67.4 Å². The van der Waals surface area contributed by atoms with E-state index in [1.165, 1.54) is 19.2 Å². The number of benzene rings is 1. The molecule has 0 aromatic heterocycles. The first-order valence-corrected chi connectivity index (χ1v) is 7.95. The van der Waals surface area contributed by atoms with Gasteiger partial charge in [0.15, 0.2) is 0 Å². The molecule has 2 atom stereocenters. The zero-order valence-corrected chi connectivity index (χ0v) is 12.0. The van der Waals surface area contributed by atoms with Gasteiger partial charge in [0.1, 0.15) is 10.6 Å². The number of nitrogens with one attached hydrogen (secondary N) is 2. The fraction of sp³-hybridized carbons (Fsp3) is 0.500. The maximum Gasteiger partial charge on any atom is 0.244 e. The van der Waals surface area contributed by atoms with Gasteiger partial charge in [-0.05, 0) is 37.1 Å². The van der Waals surface area contributed by atoms with E-state index in [-0.39, 0.29) is 16.7 Å². The molecule has 1 saturated carbocycles. The fourth-order valence-electron chi connectivity index (χ4n) is 2.70. The van der Waals surface area contributed by atoms with Crippen LogP contribution in [0, 0.1) is 11.8 Å². The van der Waals surface area contributed by atoms with Crippen molar-refractivity contribution in [3.8, 4) is 5.75 Å². The Morgan fingerprint density at radius 3 is 2.68 bits per heavy atom. The van der Waals surface area contributed by atoms with Gasteiger partial charge in [0, 0.05) is 17.1 Å². The van der Waals surface area contributed by atoms with Gasteiger partial charge < -0.3 is 10.1 Å². The Morgan fingerprint density at radius 1 is 1.37 bits per heavy atom. The van der Waals surface area contributed by atoms with E-state index in [1.807, 2.05) is 0 Å². The Bertz CT molecular complexity index is 595. The molecule has 0 radical (unpaired) electrons. The molecular weight excluding hydrogens is 288 g/mol. The van der Waals surface area contributed by atoms with Gasteiger partial charge in [0.2, 0.25) is 10.0 Å². The highest BCUT2D eigenvalue weighted by Gasteiger charge is 2.54. The molecule has 1 heterocycles. The Balaban J connectivity index is 1.84. The van der Waals surface area contributed by atoms with Crippen LogP contribution in [-0.2, 0) is 10.0 Å². The average Bonchev–Trinajstić information content (AvgIpc) is 2.81. The van der Waals surface area contributed by atoms with Crippen LogP contribution in [0.4, 0.5) is 0 Å². The SMILES string of the molecule is COc1cc(Cl)ccc1S(=O)(=O)NC1C2CNCC21. The first kappa shape index (κ1) is 13.2. The molecule has 1 aromatic rings. The summed E-state index contributed by atoms with van der Waals surface area (Å²) in [4.78, 5) is 0.136. The zero-order valence-electron chi connectivity index (χ0n) is 10.4. The molecular formula is C12H15ClN2O3S. The number of rotatable bonds is 4. The highest BCUT2D eigenvalue weighted by Crippen LogP contribution is 2.42. The first-order chi connectivity index (χ1) is 9.03. The fourth-order valence-corrected chi connectivity index (χ4v) is 4.35. The van der Waals surface area contributed by atoms with Crippen molar-refractivity contribution >= 4 is 21.6 Å². The molecule has 3 rings (SSSR count). The molecule has 19 heavy (non-hydrogen) atoms. The summed E-state index contributed by atoms with van der Waals surface area (Å²) in [5, 5.41) is 3.68. The van der Waals surface area contributed by atoms with Crippen molar-refractivity contribution in [2.45, 2.75) is 10.9 Å². The van der Waals surface area contributed by atoms with Crippen LogP contribution >= 0.6 is 11.6 Å². The van der Waals surface area contributed by atoms with Crippen LogP contribution in [0.1, 0.15) is 0 Å². The van der Waals surface area contributed by atoms with E-state index in [4.69, 9.17) is 16.3 Å². The minimum atomic E-state index is -3.56. The summed E-state index contributed by atoms with van der Waals surface area (Å²) < 4.78 is 32.5. The van der Waals surface area contributed by atoms with Gasteiger partial charge in [-0.15, -0.1) is 0 Å². The molecule has 0 spiro atoms. The number of sulfonamides is 1. The molecule has 5 nitrogen and oxygen atoms in total. The van der Waals surface area contributed by atoms with E-state index < -0.39 is 10.0 Å². The van der Waals surface area contributed by atoms with Gasteiger partial charge in [-0.2, -0.15) is 0 Å². The van der Waals surface area contributed by atoms with Gasteiger partial charge in [0.05, 0.1) is 7.11 Å². The molecule has 1 aliphatic heterocycles. The molecule has 1 saturated heterocycles. The van der Waals surface area contributed by atoms with Crippen LogP contribution in [-0.4, -0.2) is 34.7 Å². The molecule has 0 amide bonds. The second-order valence-electron chi connectivity index (χ2n) is 4.93. The smallest absolute Gasteiger partial charge is 0.244 e. The van der Waals surface area contributed by atoms with Crippen LogP contribution in [0.5, 0.6) is 5.75 Å². The largest absolute Gasteiger partial charge is 0.495 e. The van der Waals surface area contributed by atoms with Crippen molar-refractivity contribution in [1.29, 1.82) is 0 Å². The van der Waals surface area contributed by atoms with Gasteiger partial charge in [0.25, 0.3) is 0 Å². The van der Waals surface area contributed by atoms with Crippen LogP contribution in [0.2, 0.25) is 5.02 Å². The number of methoxy groups -OCH3 is 1. The third kappa shape index (κ3) is 2.33. The molecule has 7 heteroatoms. The van der Waals surface area contributed by atoms with Crippen LogP contribution in [0.3, 0.4) is 0 Å². The molecule has 104 valence electrons. The van der Waals surface area contributed by atoms with E-state index in [0.29, 0.717) is 16.9 Å². The number of piperidine rings is 1. The standard InChI is InChI=1S/C12H15ClN2O3S/c1-18-10-4-7(13)2-3-11(10)19(16,17)15-12-8-5-14-6-9(8)12/h2-4,8-9,12,14-15H,5-6H2,1H3. The van der Waals surface area contributed by atoms with Gasteiger partial charge >= 0.3 is 0 Å². The molecule has 2 aliphatic rings. The third-order valence-electron chi connectivity index (χ3n) is 3.80. The van der Waals surface area contributed by atoms with Crippen molar-refractivity contribution in [1.82, 2.24) is 10.0 Å². The highest BCUT2D eigenvalue weighted by molar-refractivity contribution is 7.89. The maximum absolute atomic E-state index is 12.4. The number of hydrogen-bond donors (Lipinski definition) is 2. The van der Waals surface area contributed by atoms with Gasteiger partial charge in [-0.25, -0.2) is 13.1 Å². The lowest BCUT2D eigenvalue weighted by atomic mass is 10.3. The van der Waals surface area contributed by atoms with E-state index in [2.05, 4.69) is 10.0 Å². The number of fused-ring (bicyclic) bond motifs is 1. The lowest BCUT2D eigenvalue weighted by Crippen LogP contribution is -2.32. The van der Waals surface area contributed by atoms with Crippen molar-refractivity contribution in [2.75, 3.05) is 20.2 Å². The molecule has 1 aliphatic carbocycles. The Labute approximate surface area is 117 Å². The summed E-state index contributed by atoms with van der Waals surface area (Å²) in [6, 6.07) is 4.57. The summed E-state index contributed by atoms with van der Waals surface area (Å²) in [6.45, 7) is 1.77. The monoisotopic (exact) mass is 302 g/mol. The lowest BCUT2D eigenvalue weighted by molar-refractivity contribution is 0.402. The Morgan fingerprint density at radius 2 is 2.05 bits per heavy atom. The summed E-state index contributed by atoms with van der Waals surface area (Å²) in [7, 11) is -2.13. The Hall–Kier alpha value is -0.820. The quantitative estimate of drug-likeness (QED) is 0.865. The van der Waals surface area contributed by atoms with Gasteiger partial charge in [-0.3, -0.25) is 0 Å². The molecule has 2 unspecified atom stereocenters. The van der Waals surface area contributed by atoms with Crippen LogP contribution in [0.15, 0.2) is 23.1 Å². The van der Waals surface area contributed by atoms with Crippen LogP contribution < -0.4 is 14.8 Å². The van der Waals surface area contributed by atoms with Crippen LogP contribution in [0.25, 0.3) is 0 Å². The zero-order chi connectivity index (χ0) is 13.6. The van der Waals surface area contributed by atoms with E-state index >= 15 is 0 Å². The number of hydrogen-bond acceptors (Lipinski definition) is 4. The minimum absolute atomic E-state index is 0.0478. The minimum Gasteiger partial charge on any atom is -0.495 e. The average molecular weight is 303 g/mol. The summed E-state index contributed by atoms with van der Waals surface area (Å²) in [5.74, 6) is 1.12. The van der Waals surface area contributed by atoms with E-state index in [0.717, 1.165) is 13.1 Å². The normalized spacial score (nSPS) is 29.1. The van der Waals surface area contributed by atoms with Crippen molar-refractivity contribution in [2.24, 2.45) is 11.8 Å². The molecule has 1 aromatic carbocycles. The van der Waals surface area contributed by atoms with Crippen molar-refractivity contribution < 1.29 is 13.2 Å². The highest BCUT2D eigenvalue weighted by atomic mass is 35.5. The second kappa shape index (κ2) is 4.63. The number of ether oxygens (including phenoxy) is 1. The van der Waals surface area contributed by atoms with Crippen molar-refractivity contribution in [3.05, 3.63) is 23.2 Å². The predicted octanol–water partition coefficient (Wildman–Crippen LogP) is 0.845. The first-order valence-electron chi connectivity index (χ1n) is 6.09. The summed E-state index contributed by atoms with van der Waals surface area (Å²) in [5.41, 5.74) is 0. The van der Waals surface area contributed by atoms with E-state index in [1.54, 1.807) is 6.07 Å². The maximum atomic E-state index is 12.4. The lowest BCUT2D eigenvalue weighted by Gasteiger charge is -2.12. The predicted molar refractivity (Wildman–Crippen MR) is 72.0 cm³/mol. The molecule has 2 fully saturated rings. The van der Waals surface area contributed by atoms with E-state index in [9.17, 15) is 8.42 Å². The second-order valence-corrected chi connectivity index (χ2v) is 7.05. The third-order valence-corrected chi connectivity index (χ3v) is 5.53. The summed E-state index contributed by atoms with van der Waals surface area (Å²) >= 11 is 5.84. The van der Waals surface area contributed by atoms with Crippen molar-refractivity contribution in [3.63, 3.8) is 0 Å².